The summed E-state index contributed by atoms with van der Waals surface area (Å²) >= 11 is 1.70. The lowest BCUT2D eigenvalue weighted by Gasteiger charge is -2.32. The summed E-state index contributed by atoms with van der Waals surface area (Å²) in [4.78, 5) is 16.5. The first-order valence-electron chi connectivity index (χ1n) is 9.60. The molecule has 2 atom stereocenters. The highest BCUT2D eigenvalue weighted by Crippen LogP contribution is 2.50. The summed E-state index contributed by atoms with van der Waals surface area (Å²) < 4.78 is 5.55. The van der Waals surface area contributed by atoms with Crippen molar-refractivity contribution in [1.29, 1.82) is 0 Å². The Morgan fingerprint density at radius 3 is 2.79 bits per heavy atom. The highest BCUT2D eigenvalue weighted by Gasteiger charge is 2.49. The molecule has 2 aromatic heterocycles. The number of aromatic nitrogens is 1. The number of furan rings is 1. The van der Waals surface area contributed by atoms with Crippen LogP contribution in [0.3, 0.4) is 0 Å². The third-order valence-corrected chi connectivity index (χ3v) is 7.20. The minimum absolute atomic E-state index is 0.0599. The number of aliphatic imine (C=N–C) groups is 2. The number of anilines is 1. The van der Waals surface area contributed by atoms with Crippen LogP contribution in [0, 0.1) is 5.41 Å². The number of nitrogens with zero attached hydrogens (tertiary/aromatic N) is 4. The van der Waals surface area contributed by atoms with Crippen molar-refractivity contribution in [2.45, 2.75) is 49.0 Å². The minimum Gasteiger partial charge on any atom is -0.469 e. The van der Waals surface area contributed by atoms with E-state index in [4.69, 9.17) is 20.1 Å². The number of rotatable bonds is 3. The van der Waals surface area contributed by atoms with Gasteiger partial charge in [0, 0.05) is 26.1 Å². The maximum Gasteiger partial charge on any atom is 0.135 e. The van der Waals surface area contributed by atoms with Crippen molar-refractivity contribution >= 4 is 29.6 Å². The summed E-state index contributed by atoms with van der Waals surface area (Å²) in [5.41, 5.74) is 11.2. The minimum atomic E-state index is -0.792. The molecule has 28 heavy (non-hydrogen) atoms. The van der Waals surface area contributed by atoms with Gasteiger partial charge in [-0.25, -0.2) is 15.0 Å². The number of hydrogen-bond donors (Lipinski definition) is 1. The fourth-order valence-corrected chi connectivity index (χ4v) is 5.97. The summed E-state index contributed by atoms with van der Waals surface area (Å²) in [7, 11) is 4.13. The van der Waals surface area contributed by atoms with E-state index in [1.807, 2.05) is 12.1 Å². The van der Waals surface area contributed by atoms with Gasteiger partial charge in [-0.15, -0.1) is 0 Å². The SMILES string of the molecule is CN(C)c1nc2c(c3c1CC(C)(C)C3)C1=NC=NC(N)(Cc3ccco3)C1S2. The zero-order valence-corrected chi connectivity index (χ0v) is 17.5. The standard InChI is InChI=1S/C21H25N5OS/c1-20(2)9-13-14(10-20)18(26(3)4)25-19-15(13)16-17(28-19)21(22,24-11-23-16)8-12-6-5-7-27-12/h5-7,11,17H,8-10,22H2,1-4H3. The molecule has 2 N–H and O–H groups in total. The molecule has 2 unspecified atom stereocenters. The smallest absolute Gasteiger partial charge is 0.135 e. The topological polar surface area (TPSA) is 80.0 Å². The van der Waals surface area contributed by atoms with E-state index in [-0.39, 0.29) is 10.7 Å². The normalized spacial score (nSPS) is 26.6. The zero-order valence-electron chi connectivity index (χ0n) is 16.7. The van der Waals surface area contributed by atoms with Gasteiger partial charge in [-0.2, -0.15) is 0 Å². The number of pyridine rings is 1. The van der Waals surface area contributed by atoms with Crippen LogP contribution in [0.4, 0.5) is 5.82 Å². The third-order valence-electron chi connectivity index (χ3n) is 5.81. The molecule has 3 aliphatic rings. The van der Waals surface area contributed by atoms with E-state index in [1.54, 1.807) is 24.4 Å². The number of thioether (sulfide) groups is 1. The molecule has 6 nitrogen and oxygen atoms in total. The third kappa shape index (κ3) is 2.63. The lowest BCUT2D eigenvalue weighted by atomic mass is 9.88. The second-order valence-electron chi connectivity index (χ2n) is 8.99. The molecule has 4 heterocycles. The van der Waals surface area contributed by atoms with Gasteiger partial charge in [-0.3, -0.25) is 0 Å². The average molecular weight is 396 g/mol. The van der Waals surface area contributed by atoms with Gasteiger partial charge in [-0.1, -0.05) is 25.6 Å². The van der Waals surface area contributed by atoms with E-state index in [0.29, 0.717) is 6.42 Å². The van der Waals surface area contributed by atoms with Crippen LogP contribution in [0.5, 0.6) is 0 Å². The Bertz CT molecular complexity index is 1010. The lowest BCUT2D eigenvalue weighted by molar-refractivity contribution is 0.392. The zero-order chi connectivity index (χ0) is 19.7. The quantitative estimate of drug-likeness (QED) is 0.864. The van der Waals surface area contributed by atoms with Crippen molar-refractivity contribution in [3.8, 4) is 0 Å². The largest absolute Gasteiger partial charge is 0.469 e. The molecule has 5 rings (SSSR count). The molecule has 2 aliphatic heterocycles. The molecular weight excluding hydrogens is 370 g/mol. The van der Waals surface area contributed by atoms with Gasteiger partial charge in [-0.05, 0) is 41.5 Å². The summed E-state index contributed by atoms with van der Waals surface area (Å²) in [6.45, 7) is 4.65. The van der Waals surface area contributed by atoms with E-state index in [9.17, 15) is 0 Å². The highest BCUT2D eigenvalue weighted by molar-refractivity contribution is 8.01. The molecule has 2 aromatic rings. The van der Waals surface area contributed by atoms with Crippen LogP contribution < -0.4 is 10.6 Å². The van der Waals surface area contributed by atoms with Gasteiger partial charge in [0.15, 0.2) is 0 Å². The molecule has 0 saturated heterocycles. The predicted molar refractivity (Wildman–Crippen MR) is 114 cm³/mol. The fraction of sp³-hybridized carbons (Fsp3) is 0.476. The van der Waals surface area contributed by atoms with Gasteiger partial charge in [0.25, 0.3) is 0 Å². The van der Waals surface area contributed by atoms with Crippen LogP contribution in [-0.2, 0) is 19.3 Å². The van der Waals surface area contributed by atoms with Gasteiger partial charge in [0.05, 0.1) is 17.2 Å². The van der Waals surface area contributed by atoms with Crippen molar-refractivity contribution in [1.82, 2.24) is 4.98 Å². The Hall–Kier alpha value is -2.12. The van der Waals surface area contributed by atoms with E-state index >= 15 is 0 Å². The Morgan fingerprint density at radius 1 is 1.29 bits per heavy atom. The van der Waals surface area contributed by atoms with Crippen LogP contribution in [0.15, 0.2) is 37.8 Å². The van der Waals surface area contributed by atoms with Crippen molar-refractivity contribution in [3.63, 3.8) is 0 Å². The van der Waals surface area contributed by atoms with Crippen molar-refractivity contribution < 1.29 is 4.42 Å². The van der Waals surface area contributed by atoms with E-state index in [0.717, 1.165) is 35.2 Å². The van der Waals surface area contributed by atoms with Crippen LogP contribution in [0.2, 0.25) is 0 Å². The molecule has 146 valence electrons. The van der Waals surface area contributed by atoms with Gasteiger partial charge >= 0.3 is 0 Å². The van der Waals surface area contributed by atoms with E-state index in [2.05, 4.69) is 37.8 Å². The Balaban J connectivity index is 1.62. The first kappa shape index (κ1) is 17.9. The van der Waals surface area contributed by atoms with Crippen LogP contribution >= 0.6 is 11.8 Å². The summed E-state index contributed by atoms with van der Waals surface area (Å²) in [6, 6.07) is 3.83. The number of fused-ring (bicyclic) bond motifs is 5. The molecule has 0 aromatic carbocycles. The van der Waals surface area contributed by atoms with Gasteiger partial charge in [0.2, 0.25) is 0 Å². The molecule has 7 heteroatoms. The molecule has 0 amide bonds. The van der Waals surface area contributed by atoms with Crippen molar-refractivity contribution in [3.05, 3.63) is 40.8 Å². The van der Waals surface area contributed by atoms with Crippen LogP contribution in [0.1, 0.15) is 36.3 Å². The Morgan fingerprint density at radius 2 is 2.07 bits per heavy atom. The highest BCUT2D eigenvalue weighted by atomic mass is 32.2. The molecule has 0 fully saturated rings. The Labute approximate surface area is 169 Å². The second-order valence-corrected chi connectivity index (χ2v) is 10.1. The number of hydrogen-bond acceptors (Lipinski definition) is 7. The van der Waals surface area contributed by atoms with Gasteiger partial charge in [0.1, 0.15) is 28.6 Å². The fourth-order valence-electron chi connectivity index (χ4n) is 4.62. The van der Waals surface area contributed by atoms with Crippen LogP contribution in [0.25, 0.3) is 0 Å². The molecule has 0 radical (unpaired) electrons. The van der Waals surface area contributed by atoms with E-state index < -0.39 is 5.66 Å². The second kappa shape index (κ2) is 5.94. The first-order valence-corrected chi connectivity index (χ1v) is 10.5. The predicted octanol–water partition coefficient (Wildman–Crippen LogP) is 3.07. The maximum atomic E-state index is 6.81. The Kier molecular flexibility index (Phi) is 3.81. The molecule has 1 aliphatic carbocycles. The number of nitrogens with two attached hydrogens (primary N) is 1. The lowest BCUT2D eigenvalue weighted by Crippen LogP contribution is -2.53. The molecule has 0 bridgehead atoms. The first-order chi connectivity index (χ1) is 13.3. The van der Waals surface area contributed by atoms with Crippen molar-refractivity contribution in [2.75, 3.05) is 19.0 Å². The summed E-state index contributed by atoms with van der Waals surface area (Å²) in [5, 5.41) is 0.971. The maximum absolute atomic E-state index is 6.81. The molecule has 0 saturated carbocycles. The molecule has 0 spiro atoms. The van der Waals surface area contributed by atoms with E-state index in [1.165, 1.54) is 16.7 Å². The summed E-state index contributed by atoms with van der Waals surface area (Å²) in [6.07, 6.45) is 5.91. The summed E-state index contributed by atoms with van der Waals surface area (Å²) in [5.74, 6) is 1.91. The van der Waals surface area contributed by atoms with Crippen molar-refractivity contribution in [2.24, 2.45) is 21.1 Å². The monoisotopic (exact) mass is 395 g/mol. The van der Waals surface area contributed by atoms with Gasteiger partial charge < -0.3 is 15.1 Å². The molecular formula is C21H25N5OS. The average Bonchev–Trinajstić information content (AvgIpc) is 3.30. The van der Waals surface area contributed by atoms with Crippen LogP contribution in [-0.4, -0.2) is 42.0 Å².